The second-order valence-electron chi connectivity index (χ2n) is 2.24. The number of nitro groups is 1. The molecule has 0 saturated heterocycles. The summed E-state index contributed by atoms with van der Waals surface area (Å²) in [4.78, 5) is 9.91. The summed E-state index contributed by atoms with van der Waals surface area (Å²) in [5, 5.41) is 10.4. The van der Waals surface area contributed by atoms with E-state index in [9.17, 15) is 10.1 Å². The molecule has 0 aromatic heterocycles. The Labute approximate surface area is 80.5 Å². The average Bonchev–Trinajstić information content (AvgIpc) is 2.15. The Kier molecular flexibility index (Phi) is 3.30. The highest BCUT2D eigenvalue weighted by molar-refractivity contribution is 6.19. The third kappa shape index (κ3) is 2.77. The van der Waals surface area contributed by atoms with Gasteiger partial charge in [-0.25, -0.2) is 0 Å². The van der Waals surface area contributed by atoms with E-state index in [0.717, 1.165) is 0 Å². The number of nitrogens with zero attached hydrogens (tertiary/aromatic N) is 1. The minimum Gasteiger partial charge on any atom is -0.258 e. The monoisotopic (exact) mass is 195 g/mol. The summed E-state index contributed by atoms with van der Waals surface area (Å²) in [7, 11) is 0. The lowest BCUT2D eigenvalue weighted by Gasteiger charge is -1.90. The van der Waals surface area contributed by atoms with Crippen molar-refractivity contribution in [1.29, 1.82) is 0 Å². The van der Waals surface area contributed by atoms with Crippen molar-refractivity contribution in [3.05, 3.63) is 39.9 Å². The SMILES string of the molecule is O=[N+]([O-])c1cccc(C#CCCl)c1. The fourth-order valence-corrected chi connectivity index (χ4v) is 0.900. The third-order valence-corrected chi connectivity index (χ3v) is 1.49. The second-order valence-corrected chi connectivity index (χ2v) is 2.51. The predicted octanol–water partition coefficient (Wildman–Crippen LogP) is 2.19. The molecule has 66 valence electrons. The summed E-state index contributed by atoms with van der Waals surface area (Å²) in [6, 6.07) is 6.13. The van der Waals surface area contributed by atoms with Gasteiger partial charge in [-0.2, -0.15) is 0 Å². The van der Waals surface area contributed by atoms with Crippen molar-refractivity contribution in [2.75, 3.05) is 5.88 Å². The van der Waals surface area contributed by atoms with E-state index in [1.165, 1.54) is 12.1 Å². The van der Waals surface area contributed by atoms with Crippen LogP contribution in [0.5, 0.6) is 0 Å². The first-order valence-corrected chi connectivity index (χ1v) is 4.07. The smallest absolute Gasteiger partial charge is 0.258 e. The third-order valence-electron chi connectivity index (χ3n) is 1.36. The number of rotatable bonds is 1. The molecule has 1 rings (SSSR count). The van der Waals surface area contributed by atoms with Crippen molar-refractivity contribution in [1.82, 2.24) is 0 Å². The Bertz CT molecular complexity index is 379. The number of alkyl halides is 1. The first kappa shape index (κ1) is 9.56. The minimum absolute atomic E-state index is 0.0429. The Morgan fingerprint density at radius 2 is 2.31 bits per heavy atom. The molecule has 1 aromatic rings. The van der Waals surface area contributed by atoms with Crippen LogP contribution in [0.15, 0.2) is 24.3 Å². The van der Waals surface area contributed by atoms with Crippen molar-refractivity contribution < 1.29 is 4.92 Å². The number of benzene rings is 1. The van der Waals surface area contributed by atoms with Crippen LogP contribution in [0.2, 0.25) is 0 Å². The van der Waals surface area contributed by atoms with Gasteiger partial charge in [-0.3, -0.25) is 10.1 Å². The van der Waals surface area contributed by atoms with E-state index < -0.39 is 4.92 Å². The molecule has 0 aliphatic rings. The topological polar surface area (TPSA) is 43.1 Å². The summed E-state index contributed by atoms with van der Waals surface area (Å²) in [6.45, 7) is 0. The number of non-ortho nitro benzene ring substituents is 1. The van der Waals surface area contributed by atoms with E-state index in [1.54, 1.807) is 12.1 Å². The van der Waals surface area contributed by atoms with Gasteiger partial charge in [0.2, 0.25) is 0 Å². The van der Waals surface area contributed by atoms with E-state index in [-0.39, 0.29) is 11.6 Å². The second kappa shape index (κ2) is 4.48. The zero-order chi connectivity index (χ0) is 9.68. The van der Waals surface area contributed by atoms with Crippen LogP contribution in [0.4, 0.5) is 5.69 Å². The minimum atomic E-state index is -0.453. The van der Waals surface area contributed by atoms with Gasteiger partial charge in [0, 0.05) is 17.7 Å². The van der Waals surface area contributed by atoms with E-state index in [1.807, 2.05) is 0 Å². The van der Waals surface area contributed by atoms with Crippen molar-refractivity contribution >= 4 is 17.3 Å². The molecule has 0 fully saturated rings. The normalized spacial score (nSPS) is 8.69. The van der Waals surface area contributed by atoms with Crippen LogP contribution in [-0.4, -0.2) is 10.8 Å². The highest BCUT2D eigenvalue weighted by Gasteiger charge is 2.03. The first-order chi connectivity index (χ1) is 6.24. The van der Waals surface area contributed by atoms with Crippen LogP contribution in [-0.2, 0) is 0 Å². The lowest BCUT2D eigenvalue weighted by molar-refractivity contribution is -0.384. The number of nitro benzene ring substituents is 1. The number of hydrogen-bond donors (Lipinski definition) is 0. The number of halogens is 1. The summed E-state index contributed by atoms with van der Waals surface area (Å²) in [6.07, 6.45) is 0. The molecule has 0 amide bonds. The summed E-state index contributed by atoms with van der Waals surface area (Å²) in [5.41, 5.74) is 0.649. The molecule has 0 saturated carbocycles. The van der Waals surface area contributed by atoms with E-state index in [2.05, 4.69) is 11.8 Å². The standard InChI is InChI=1S/C9H6ClNO2/c10-6-2-4-8-3-1-5-9(7-8)11(12)13/h1,3,5,7H,6H2. The molecule has 4 heteroatoms. The zero-order valence-corrected chi connectivity index (χ0v) is 7.41. The van der Waals surface area contributed by atoms with Gasteiger partial charge < -0.3 is 0 Å². The molecule has 0 spiro atoms. The van der Waals surface area contributed by atoms with Gasteiger partial charge in [0.15, 0.2) is 0 Å². The van der Waals surface area contributed by atoms with Crippen LogP contribution >= 0.6 is 11.6 Å². The van der Waals surface area contributed by atoms with Crippen LogP contribution < -0.4 is 0 Å². The largest absolute Gasteiger partial charge is 0.270 e. The van der Waals surface area contributed by atoms with E-state index >= 15 is 0 Å². The molecule has 0 aliphatic heterocycles. The Morgan fingerprint density at radius 3 is 2.92 bits per heavy atom. The quantitative estimate of drug-likeness (QED) is 0.298. The van der Waals surface area contributed by atoms with Gasteiger partial charge in [0.25, 0.3) is 5.69 Å². The average molecular weight is 196 g/mol. The van der Waals surface area contributed by atoms with Crippen LogP contribution in [0.3, 0.4) is 0 Å². The van der Waals surface area contributed by atoms with Gasteiger partial charge in [-0.1, -0.05) is 17.9 Å². The van der Waals surface area contributed by atoms with Crippen molar-refractivity contribution in [3.63, 3.8) is 0 Å². The Morgan fingerprint density at radius 1 is 1.54 bits per heavy atom. The maximum absolute atomic E-state index is 10.4. The van der Waals surface area contributed by atoms with Gasteiger partial charge in [-0.05, 0) is 6.07 Å². The fraction of sp³-hybridized carbons (Fsp3) is 0.111. The summed E-state index contributed by atoms with van der Waals surface area (Å²) in [5.74, 6) is 5.55. The molecule has 0 N–H and O–H groups in total. The molecular formula is C9H6ClNO2. The first-order valence-electron chi connectivity index (χ1n) is 3.53. The van der Waals surface area contributed by atoms with E-state index in [4.69, 9.17) is 11.6 Å². The molecule has 13 heavy (non-hydrogen) atoms. The maximum Gasteiger partial charge on any atom is 0.270 e. The molecule has 0 aliphatic carbocycles. The Balaban J connectivity index is 2.98. The zero-order valence-electron chi connectivity index (χ0n) is 6.66. The Hall–Kier alpha value is -1.53. The molecular weight excluding hydrogens is 190 g/mol. The van der Waals surface area contributed by atoms with Crippen molar-refractivity contribution in [2.45, 2.75) is 0 Å². The van der Waals surface area contributed by atoms with Gasteiger partial charge >= 0.3 is 0 Å². The molecule has 0 heterocycles. The van der Waals surface area contributed by atoms with E-state index in [0.29, 0.717) is 5.56 Å². The van der Waals surface area contributed by atoms with Gasteiger partial charge in [0.05, 0.1) is 10.8 Å². The van der Waals surface area contributed by atoms with Crippen LogP contribution in [0.1, 0.15) is 5.56 Å². The van der Waals surface area contributed by atoms with Gasteiger partial charge in [-0.15, -0.1) is 11.6 Å². The van der Waals surface area contributed by atoms with Crippen LogP contribution in [0, 0.1) is 22.0 Å². The predicted molar refractivity (Wildman–Crippen MR) is 50.7 cm³/mol. The summed E-state index contributed by atoms with van der Waals surface area (Å²) < 4.78 is 0. The van der Waals surface area contributed by atoms with Gasteiger partial charge in [0.1, 0.15) is 0 Å². The lowest BCUT2D eigenvalue weighted by atomic mass is 10.2. The lowest BCUT2D eigenvalue weighted by Crippen LogP contribution is -1.87. The molecule has 3 nitrogen and oxygen atoms in total. The maximum atomic E-state index is 10.4. The number of hydrogen-bond acceptors (Lipinski definition) is 2. The fourth-order valence-electron chi connectivity index (χ4n) is 0.833. The molecule has 1 aromatic carbocycles. The molecule has 0 radical (unpaired) electrons. The molecule has 0 bridgehead atoms. The highest BCUT2D eigenvalue weighted by Crippen LogP contribution is 2.11. The molecule has 0 unspecified atom stereocenters. The van der Waals surface area contributed by atoms with Crippen molar-refractivity contribution in [2.24, 2.45) is 0 Å². The van der Waals surface area contributed by atoms with Crippen LogP contribution in [0.25, 0.3) is 0 Å². The highest BCUT2D eigenvalue weighted by atomic mass is 35.5. The molecule has 0 atom stereocenters. The van der Waals surface area contributed by atoms with Crippen molar-refractivity contribution in [3.8, 4) is 11.8 Å². The summed E-state index contributed by atoms with van der Waals surface area (Å²) >= 11 is 5.35.